The molecule has 44 valence electrons. The summed E-state index contributed by atoms with van der Waals surface area (Å²) < 4.78 is 0. The Morgan fingerprint density at radius 1 is 1.88 bits per heavy atom. The van der Waals surface area contributed by atoms with Gasteiger partial charge in [0.1, 0.15) is 6.04 Å². The molecule has 0 aromatic rings. The van der Waals surface area contributed by atoms with Crippen LogP contribution in [0.4, 0.5) is 0 Å². The molecule has 0 unspecified atom stereocenters. The van der Waals surface area contributed by atoms with Crippen LogP contribution >= 0.6 is 12.6 Å². The van der Waals surface area contributed by atoms with E-state index in [4.69, 9.17) is 10.8 Å². The smallest absolute Gasteiger partial charge is 0.321 e. The van der Waals surface area contributed by atoms with Gasteiger partial charge in [0.05, 0.1) is 0 Å². The Morgan fingerprint density at radius 2 is 2.25 bits per heavy atom. The van der Waals surface area contributed by atoms with E-state index >= 15 is 0 Å². The average Bonchev–Trinajstić information content (AvgIpc) is 1.65. The molecule has 8 heavy (non-hydrogen) atoms. The van der Waals surface area contributed by atoms with Crippen LogP contribution in [-0.4, -0.2) is 22.9 Å². The summed E-state index contributed by atoms with van der Waals surface area (Å²) in [6, 6.07) is -0.816. The van der Waals surface area contributed by atoms with E-state index in [0.29, 0.717) is 0 Å². The van der Waals surface area contributed by atoms with Crippen molar-refractivity contribution in [1.29, 1.82) is 0 Å². The second-order valence-corrected chi connectivity index (χ2v) is 1.49. The third-order valence-electron chi connectivity index (χ3n) is 0.514. The van der Waals surface area contributed by atoms with E-state index in [-0.39, 0.29) is 25.2 Å². The average molecular weight is 187 g/mol. The second kappa shape index (κ2) is 5.54. The molecule has 1 atom stereocenters. The summed E-state index contributed by atoms with van der Waals surface area (Å²) in [6.45, 7) is 0. The van der Waals surface area contributed by atoms with Crippen LogP contribution in [0, 0.1) is 0 Å². The molecule has 0 aromatic heterocycles. The summed E-state index contributed by atoms with van der Waals surface area (Å²) in [6.07, 6.45) is 0. The number of carbonyl (C=O) groups is 1. The zero-order chi connectivity index (χ0) is 5.86. The molecule has 5 heteroatoms. The van der Waals surface area contributed by atoms with Gasteiger partial charge in [0.25, 0.3) is 0 Å². The van der Waals surface area contributed by atoms with Gasteiger partial charge in [-0.1, -0.05) is 0 Å². The fourth-order valence-electron chi connectivity index (χ4n) is 0.0781. The summed E-state index contributed by atoms with van der Waals surface area (Å²) in [4.78, 5) is 9.76. The Labute approximate surface area is 65.8 Å². The maximum absolute atomic E-state index is 9.76. The van der Waals surface area contributed by atoms with E-state index in [1.807, 2.05) is 0 Å². The zero-order valence-electron chi connectivity index (χ0n) is 4.37. The predicted octanol–water partition coefficient (Wildman–Crippen LogP) is -0.674. The molecular formula is C3H7NO2SZn. The summed E-state index contributed by atoms with van der Waals surface area (Å²) >= 11 is 3.65. The molecule has 0 heterocycles. The minimum Gasteiger partial charge on any atom is -0.480 e. The molecule has 0 aliphatic rings. The molecule has 0 spiro atoms. The van der Waals surface area contributed by atoms with Gasteiger partial charge in [0.15, 0.2) is 0 Å². The van der Waals surface area contributed by atoms with Crippen LogP contribution in [-0.2, 0) is 24.3 Å². The van der Waals surface area contributed by atoms with Gasteiger partial charge in [-0.2, -0.15) is 12.6 Å². The number of nitrogens with two attached hydrogens (primary N) is 1. The fraction of sp³-hybridized carbons (Fsp3) is 0.667. The van der Waals surface area contributed by atoms with Crippen LogP contribution in [0.1, 0.15) is 0 Å². The van der Waals surface area contributed by atoms with Gasteiger partial charge in [-0.15, -0.1) is 0 Å². The van der Waals surface area contributed by atoms with Crippen molar-refractivity contribution in [1.82, 2.24) is 0 Å². The van der Waals surface area contributed by atoms with Crippen molar-refractivity contribution in [2.75, 3.05) is 5.75 Å². The van der Waals surface area contributed by atoms with Crippen LogP contribution in [0.5, 0.6) is 0 Å². The molecular weight excluding hydrogens is 179 g/mol. The van der Waals surface area contributed by atoms with Gasteiger partial charge in [-0.25, -0.2) is 0 Å². The van der Waals surface area contributed by atoms with E-state index < -0.39 is 12.0 Å². The molecule has 0 bridgehead atoms. The third kappa shape index (κ3) is 4.56. The molecule has 3 N–H and O–H groups in total. The number of thiol groups is 1. The maximum atomic E-state index is 9.76. The van der Waals surface area contributed by atoms with Crippen LogP contribution < -0.4 is 5.73 Å². The minimum atomic E-state index is -1.00. The summed E-state index contributed by atoms with van der Waals surface area (Å²) in [5.41, 5.74) is 4.94. The first-order valence-electron chi connectivity index (χ1n) is 1.77. The summed E-state index contributed by atoms with van der Waals surface area (Å²) in [5.74, 6) is -0.815. The number of carboxylic acids is 1. The van der Waals surface area contributed by atoms with E-state index in [2.05, 4.69) is 12.6 Å². The Morgan fingerprint density at radius 3 is 2.25 bits per heavy atom. The Kier molecular flexibility index (Phi) is 7.78. The molecule has 0 aliphatic carbocycles. The number of hydrogen-bond acceptors (Lipinski definition) is 3. The van der Waals surface area contributed by atoms with Gasteiger partial charge in [-0.05, 0) is 0 Å². The topological polar surface area (TPSA) is 63.3 Å². The zero-order valence-corrected chi connectivity index (χ0v) is 8.23. The molecule has 0 fully saturated rings. The SMILES string of the molecule is N[C@@H](CS)C(=O)O.[Zn]. The Balaban J connectivity index is 0. The van der Waals surface area contributed by atoms with Gasteiger partial charge in [0, 0.05) is 25.2 Å². The Hall–Kier alpha value is 0.403. The van der Waals surface area contributed by atoms with Gasteiger partial charge in [0.2, 0.25) is 0 Å². The molecule has 0 saturated heterocycles. The van der Waals surface area contributed by atoms with Crippen molar-refractivity contribution in [3.05, 3.63) is 0 Å². The maximum Gasteiger partial charge on any atom is 0.321 e. The van der Waals surface area contributed by atoms with Crippen LogP contribution in [0.2, 0.25) is 0 Å². The molecule has 3 nitrogen and oxygen atoms in total. The molecule has 0 amide bonds. The Bertz CT molecular complexity index is 79.7. The second-order valence-electron chi connectivity index (χ2n) is 1.13. The predicted molar refractivity (Wildman–Crippen MR) is 29.5 cm³/mol. The van der Waals surface area contributed by atoms with Gasteiger partial charge < -0.3 is 10.8 Å². The fourth-order valence-corrected chi connectivity index (χ4v) is 0.234. The van der Waals surface area contributed by atoms with Crippen molar-refractivity contribution in [2.24, 2.45) is 5.73 Å². The molecule has 0 radical (unpaired) electrons. The van der Waals surface area contributed by atoms with E-state index in [0.717, 1.165) is 0 Å². The number of carboxylic acid groups (broad SMARTS) is 1. The van der Waals surface area contributed by atoms with Crippen molar-refractivity contribution in [3.8, 4) is 0 Å². The summed E-state index contributed by atoms with van der Waals surface area (Å²) in [5, 5.41) is 8.01. The van der Waals surface area contributed by atoms with Crippen molar-refractivity contribution < 1.29 is 29.4 Å². The minimum absolute atomic E-state index is 0. The van der Waals surface area contributed by atoms with E-state index in [9.17, 15) is 4.79 Å². The number of rotatable bonds is 2. The third-order valence-corrected chi connectivity index (χ3v) is 0.907. The standard InChI is InChI=1S/C3H7NO2S.Zn/c4-2(1-7)3(5)6;/h2,7H,1,4H2,(H,5,6);/t2-;/m0./s1. The quantitative estimate of drug-likeness (QED) is 0.396. The molecule has 0 saturated carbocycles. The molecule has 0 aliphatic heterocycles. The van der Waals surface area contributed by atoms with Gasteiger partial charge in [-0.3, -0.25) is 4.79 Å². The molecule has 0 rings (SSSR count). The van der Waals surface area contributed by atoms with Crippen molar-refractivity contribution in [2.45, 2.75) is 6.04 Å². The van der Waals surface area contributed by atoms with Crippen LogP contribution in [0.25, 0.3) is 0 Å². The number of aliphatic carboxylic acids is 1. The normalized spacial score (nSPS) is 11.8. The van der Waals surface area contributed by atoms with Gasteiger partial charge >= 0.3 is 5.97 Å². The van der Waals surface area contributed by atoms with Crippen LogP contribution in [0.3, 0.4) is 0 Å². The van der Waals surface area contributed by atoms with E-state index in [1.165, 1.54) is 0 Å². The molecule has 0 aromatic carbocycles. The van der Waals surface area contributed by atoms with Crippen molar-refractivity contribution >= 4 is 18.6 Å². The largest absolute Gasteiger partial charge is 0.480 e. The first-order chi connectivity index (χ1) is 3.18. The van der Waals surface area contributed by atoms with Crippen molar-refractivity contribution in [3.63, 3.8) is 0 Å². The first kappa shape index (κ1) is 11.2. The monoisotopic (exact) mass is 185 g/mol. The first-order valence-corrected chi connectivity index (χ1v) is 2.41. The summed E-state index contributed by atoms with van der Waals surface area (Å²) in [7, 11) is 0. The van der Waals surface area contributed by atoms with E-state index in [1.54, 1.807) is 0 Å². The van der Waals surface area contributed by atoms with Crippen LogP contribution in [0.15, 0.2) is 0 Å². The number of hydrogen-bond donors (Lipinski definition) is 3.